The van der Waals surface area contributed by atoms with Crippen LogP contribution in [0, 0.1) is 0 Å². The Morgan fingerprint density at radius 2 is 2.08 bits per heavy atom. The van der Waals surface area contributed by atoms with E-state index in [1.54, 1.807) is 4.90 Å². The first-order chi connectivity index (χ1) is 11.5. The third kappa shape index (κ3) is 2.97. The topological polar surface area (TPSA) is 95.2 Å². The van der Waals surface area contributed by atoms with E-state index in [0.29, 0.717) is 25.9 Å². The quantitative estimate of drug-likeness (QED) is 0.787. The maximum absolute atomic E-state index is 12.7. The number of aromatic nitrogens is 2. The molecule has 2 saturated heterocycles. The van der Waals surface area contributed by atoms with Crippen LogP contribution >= 0.6 is 0 Å². The minimum absolute atomic E-state index is 0.0520. The maximum atomic E-state index is 12.7. The lowest BCUT2D eigenvalue weighted by Crippen LogP contribution is -2.59. The lowest BCUT2D eigenvalue weighted by atomic mass is 9.94. The van der Waals surface area contributed by atoms with Gasteiger partial charge >= 0.3 is 0 Å². The van der Waals surface area contributed by atoms with Crippen molar-refractivity contribution < 1.29 is 13.2 Å². The minimum atomic E-state index is -3.04. The summed E-state index contributed by atoms with van der Waals surface area (Å²) in [5.74, 6) is 0.291. The van der Waals surface area contributed by atoms with Crippen molar-refractivity contribution in [3.63, 3.8) is 0 Å². The molecule has 7 nitrogen and oxygen atoms in total. The molecule has 0 bridgehead atoms. The fraction of sp³-hybridized carbons (Fsp3) is 0.750. The summed E-state index contributed by atoms with van der Waals surface area (Å²) in [6, 6.07) is -0.310. The molecule has 1 amide bonds. The zero-order valence-corrected chi connectivity index (χ0v) is 14.6. The highest BCUT2D eigenvalue weighted by atomic mass is 32.2. The number of carbonyl (C=O) groups excluding carboxylic acids is 1. The highest BCUT2D eigenvalue weighted by Crippen LogP contribution is 2.25. The number of H-pyrrole nitrogens is 1. The SMILES string of the molecule is O=C(CCc1n[nH]c2c1CCCC2)N1CCN[C@@H]2CS(=O)(=O)C[C@@H]21. The Hall–Kier alpha value is -1.41. The van der Waals surface area contributed by atoms with Gasteiger partial charge in [-0.25, -0.2) is 8.42 Å². The van der Waals surface area contributed by atoms with Gasteiger partial charge in [0.15, 0.2) is 9.84 Å². The average molecular weight is 352 g/mol. The number of hydrogen-bond donors (Lipinski definition) is 2. The van der Waals surface area contributed by atoms with Crippen LogP contribution in [0.4, 0.5) is 0 Å². The van der Waals surface area contributed by atoms with E-state index in [4.69, 9.17) is 0 Å². The summed E-state index contributed by atoms with van der Waals surface area (Å²) in [5, 5.41) is 10.8. The predicted octanol–water partition coefficient (Wildman–Crippen LogP) is -0.181. The van der Waals surface area contributed by atoms with Crippen molar-refractivity contribution in [3.05, 3.63) is 17.0 Å². The normalized spacial score (nSPS) is 28.4. The van der Waals surface area contributed by atoms with Gasteiger partial charge in [0.1, 0.15) is 0 Å². The summed E-state index contributed by atoms with van der Waals surface area (Å²) in [4.78, 5) is 14.5. The number of aromatic amines is 1. The van der Waals surface area contributed by atoms with Gasteiger partial charge in [-0.3, -0.25) is 9.89 Å². The van der Waals surface area contributed by atoms with Crippen LogP contribution in [0.2, 0.25) is 0 Å². The Morgan fingerprint density at radius 1 is 1.25 bits per heavy atom. The molecule has 1 aliphatic carbocycles. The molecule has 132 valence electrons. The minimum Gasteiger partial charge on any atom is -0.336 e. The first-order valence-electron chi connectivity index (χ1n) is 8.82. The van der Waals surface area contributed by atoms with Gasteiger partial charge in [0.05, 0.1) is 23.2 Å². The number of hydrogen-bond acceptors (Lipinski definition) is 5. The molecule has 0 unspecified atom stereocenters. The Labute approximate surface area is 142 Å². The van der Waals surface area contributed by atoms with E-state index in [-0.39, 0.29) is 29.5 Å². The molecule has 1 aromatic rings. The van der Waals surface area contributed by atoms with Crippen LogP contribution in [0.1, 0.15) is 36.2 Å². The Morgan fingerprint density at radius 3 is 2.96 bits per heavy atom. The second-order valence-electron chi connectivity index (χ2n) is 7.13. The molecule has 4 rings (SSSR count). The molecule has 1 aromatic heterocycles. The zero-order valence-electron chi connectivity index (χ0n) is 13.8. The van der Waals surface area contributed by atoms with Gasteiger partial charge in [-0.1, -0.05) is 0 Å². The first kappa shape index (κ1) is 16.1. The smallest absolute Gasteiger partial charge is 0.223 e. The van der Waals surface area contributed by atoms with Crippen molar-refractivity contribution >= 4 is 15.7 Å². The number of amides is 1. The number of fused-ring (bicyclic) bond motifs is 2. The van der Waals surface area contributed by atoms with Crippen LogP contribution in [0.3, 0.4) is 0 Å². The van der Waals surface area contributed by atoms with E-state index >= 15 is 0 Å². The van der Waals surface area contributed by atoms with Gasteiger partial charge in [0.25, 0.3) is 0 Å². The predicted molar refractivity (Wildman–Crippen MR) is 89.5 cm³/mol. The summed E-state index contributed by atoms with van der Waals surface area (Å²) >= 11 is 0. The fourth-order valence-corrected chi connectivity index (χ4v) is 6.26. The summed E-state index contributed by atoms with van der Waals surface area (Å²) < 4.78 is 23.8. The molecule has 0 saturated carbocycles. The molecule has 2 atom stereocenters. The van der Waals surface area contributed by atoms with Crippen LogP contribution in [-0.4, -0.2) is 66.1 Å². The van der Waals surface area contributed by atoms with Crippen molar-refractivity contribution in [1.29, 1.82) is 0 Å². The molecular weight excluding hydrogens is 328 g/mol. The molecule has 3 heterocycles. The third-order valence-electron chi connectivity index (χ3n) is 5.52. The van der Waals surface area contributed by atoms with Crippen molar-refractivity contribution in [2.45, 2.75) is 50.6 Å². The van der Waals surface area contributed by atoms with E-state index in [1.165, 1.54) is 24.1 Å². The van der Waals surface area contributed by atoms with Crippen LogP contribution in [-0.2, 0) is 33.9 Å². The second kappa shape index (κ2) is 6.15. The zero-order chi connectivity index (χ0) is 16.7. The summed E-state index contributed by atoms with van der Waals surface area (Å²) in [6.45, 7) is 1.26. The van der Waals surface area contributed by atoms with Crippen LogP contribution in [0.5, 0.6) is 0 Å². The van der Waals surface area contributed by atoms with E-state index in [1.807, 2.05) is 0 Å². The van der Waals surface area contributed by atoms with Crippen molar-refractivity contribution in [3.8, 4) is 0 Å². The van der Waals surface area contributed by atoms with Crippen LogP contribution < -0.4 is 5.32 Å². The number of carbonyl (C=O) groups is 1. The van der Waals surface area contributed by atoms with E-state index < -0.39 is 9.84 Å². The molecule has 8 heteroatoms. The number of aryl methyl sites for hydroxylation is 2. The van der Waals surface area contributed by atoms with Gasteiger partial charge in [-0.05, 0) is 31.2 Å². The number of rotatable bonds is 3. The molecule has 0 aromatic carbocycles. The molecule has 2 N–H and O–H groups in total. The van der Waals surface area contributed by atoms with E-state index in [2.05, 4.69) is 15.5 Å². The molecule has 24 heavy (non-hydrogen) atoms. The average Bonchev–Trinajstić information content (AvgIpc) is 3.11. The largest absolute Gasteiger partial charge is 0.336 e. The molecule has 0 spiro atoms. The van der Waals surface area contributed by atoms with E-state index in [0.717, 1.165) is 18.5 Å². The fourth-order valence-electron chi connectivity index (χ4n) is 4.30. The van der Waals surface area contributed by atoms with Crippen LogP contribution in [0.25, 0.3) is 0 Å². The number of sulfone groups is 1. The van der Waals surface area contributed by atoms with Gasteiger partial charge in [-0.2, -0.15) is 5.10 Å². The summed E-state index contributed by atoms with van der Waals surface area (Å²) in [6.07, 6.45) is 5.53. The Balaban J connectivity index is 1.42. The monoisotopic (exact) mass is 352 g/mol. The van der Waals surface area contributed by atoms with E-state index in [9.17, 15) is 13.2 Å². The first-order valence-corrected chi connectivity index (χ1v) is 10.6. The highest BCUT2D eigenvalue weighted by molar-refractivity contribution is 7.91. The summed E-state index contributed by atoms with van der Waals surface area (Å²) in [5.41, 5.74) is 3.55. The summed E-state index contributed by atoms with van der Waals surface area (Å²) in [7, 11) is -3.04. The molecule has 3 aliphatic rings. The van der Waals surface area contributed by atoms with Crippen LogP contribution in [0.15, 0.2) is 0 Å². The standard InChI is InChI=1S/C16H24N4O3S/c21-16(6-5-13-11-3-1-2-4-12(11)18-19-13)20-8-7-17-14-9-24(22,23)10-15(14)20/h14-15,17H,1-10H2,(H,18,19)/t14-,15+/m1/s1. The van der Waals surface area contributed by atoms with Crippen molar-refractivity contribution in [1.82, 2.24) is 20.4 Å². The Kier molecular flexibility index (Phi) is 4.12. The Bertz CT molecular complexity index is 743. The van der Waals surface area contributed by atoms with Gasteiger partial charge in [0, 0.05) is 37.7 Å². The van der Waals surface area contributed by atoms with Gasteiger partial charge < -0.3 is 10.2 Å². The van der Waals surface area contributed by atoms with Gasteiger partial charge in [-0.15, -0.1) is 0 Å². The van der Waals surface area contributed by atoms with Gasteiger partial charge in [0.2, 0.25) is 5.91 Å². The number of piperazine rings is 1. The molecule has 2 fully saturated rings. The van der Waals surface area contributed by atoms with Crippen molar-refractivity contribution in [2.24, 2.45) is 0 Å². The molecule has 0 radical (unpaired) electrons. The number of nitrogens with zero attached hydrogens (tertiary/aromatic N) is 2. The molecular formula is C16H24N4O3S. The maximum Gasteiger partial charge on any atom is 0.223 e. The lowest BCUT2D eigenvalue weighted by molar-refractivity contribution is -0.134. The second-order valence-corrected chi connectivity index (χ2v) is 9.28. The number of nitrogens with one attached hydrogen (secondary N) is 2. The third-order valence-corrected chi connectivity index (χ3v) is 7.24. The molecule has 2 aliphatic heterocycles. The van der Waals surface area contributed by atoms with Crippen molar-refractivity contribution in [2.75, 3.05) is 24.6 Å². The lowest BCUT2D eigenvalue weighted by Gasteiger charge is -2.37. The highest BCUT2D eigenvalue weighted by Gasteiger charge is 2.44.